The van der Waals surface area contributed by atoms with Crippen LogP contribution in [0, 0.1) is 0 Å². The molecule has 0 bridgehead atoms. The highest BCUT2D eigenvalue weighted by molar-refractivity contribution is 5.97. The number of rotatable bonds is 2. The summed E-state index contributed by atoms with van der Waals surface area (Å²) in [7, 11) is 1.87. The summed E-state index contributed by atoms with van der Waals surface area (Å²) < 4.78 is 3.82. The zero-order chi connectivity index (χ0) is 18.5. The Balaban J connectivity index is 1.46. The van der Waals surface area contributed by atoms with Crippen molar-refractivity contribution in [1.82, 2.24) is 44.9 Å². The first kappa shape index (κ1) is 15.7. The first-order valence-corrected chi connectivity index (χ1v) is 8.63. The molecule has 0 saturated carbocycles. The van der Waals surface area contributed by atoms with Gasteiger partial charge in [-0.2, -0.15) is 20.5 Å². The van der Waals surface area contributed by atoms with Crippen LogP contribution in [0.4, 0.5) is 0 Å². The molecule has 1 amide bonds. The van der Waals surface area contributed by atoms with Crippen LogP contribution in [0.3, 0.4) is 0 Å². The lowest BCUT2D eigenvalue weighted by atomic mass is 10.1. The molecule has 27 heavy (non-hydrogen) atoms. The highest BCUT2D eigenvalue weighted by Crippen LogP contribution is 2.28. The molecule has 10 nitrogen and oxygen atoms in total. The molecule has 3 aromatic heterocycles. The van der Waals surface area contributed by atoms with E-state index < -0.39 is 0 Å². The Labute approximate surface area is 153 Å². The molecule has 0 saturated heterocycles. The van der Waals surface area contributed by atoms with Gasteiger partial charge in [0, 0.05) is 25.4 Å². The second-order valence-corrected chi connectivity index (χ2v) is 6.77. The lowest BCUT2D eigenvalue weighted by Crippen LogP contribution is -2.40. The Morgan fingerprint density at radius 2 is 2.07 bits per heavy atom. The summed E-state index contributed by atoms with van der Waals surface area (Å²) in [6.45, 7) is 3.05. The van der Waals surface area contributed by atoms with E-state index in [1.54, 1.807) is 34.0 Å². The quantitative estimate of drug-likeness (QED) is 0.572. The maximum Gasteiger partial charge on any atom is 0.254 e. The molecule has 1 atom stereocenters. The normalized spacial score (nSPS) is 16.7. The minimum Gasteiger partial charge on any atom is -0.329 e. The number of fused-ring (bicyclic) bond motifs is 2. The summed E-state index contributed by atoms with van der Waals surface area (Å²) in [6, 6.07) is 5.38. The number of nitrogens with one attached hydrogen (secondary N) is 1. The number of hydrogen-bond acceptors (Lipinski definition) is 6. The average Bonchev–Trinajstić information content (AvgIpc) is 3.38. The van der Waals surface area contributed by atoms with E-state index >= 15 is 0 Å². The molecule has 4 heterocycles. The predicted octanol–water partition coefficient (Wildman–Crippen LogP) is 1.17. The Hall–Kier alpha value is -3.56. The fourth-order valence-electron chi connectivity index (χ4n) is 3.57. The van der Waals surface area contributed by atoms with E-state index in [9.17, 15) is 4.79 Å². The van der Waals surface area contributed by atoms with Gasteiger partial charge in [-0.15, -0.1) is 10.2 Å². The number of amides is 1. The summed E-state index contributed by atoms with van der Waals surface area (Å²) in [5, 5.41) is 23.5. The van der Waals surface area contributed by atoms with Crippen LogP contribution in [0.5, 0.6) is 0 Å². The molecule has 0 aliphatic carbocycles. The van der Waals surface area contributed by atoms with Crippen LogP contribution in [0.2, 0.25) is 0 Å². The molecule has 0 spiro atoms. The van der Waals surface area contributed by atoms with Gasteiger partial charge in [0.25, 0.3) is 5.91 Å². The van der Waals surface area contributed by atoms with Gasteiger partial charge in [-0.05, 0) is 25.1 Å². The molecule has 1 aliphatic rings. The van der Waals surface area contributed by atoms with Gasteiger partial charge < -0.3 is 9.47 Å². The maximum absolute atomic E-state index is 13.0. The van der Waals surface area contributed by atoms with E-state index in [4.69, 9.17) is 0 Å². The monoisotopic (exact) mass is 363 g/mol. The number of carbonyl (C=O) groups is 1. The van der Waals surface area contributed by atoms with Crippen LogP contribution in [-0.4, -0.2) is 57.3 Å². The van der Waals surface area contributed by atoms with E-state index in [0.717, 1.165) is 22.7 Å². The van der Waals surface area contributed by atoms with Crippen molar-refractivity contribution in [3.8, 4) is 11.4 Å². The van der Waals surface area contributed by atoms with Crippen molar-refractivity contribution in [2.75, 3.05) is 6.54 Å². The van der Waals surface area contributed by atoms with Gasteiger partial charge in [-0.3, -0.25) is 9.48 Å². The van der Waals surface area contributed by atoms with E-state index in [-0.39, 0.29) is 11.9 Å². The Morgan fingerprint density at radius 1 is 1.22 bits per heavy atom. The summed E-state index contributed by atoms with van der Waals surface area (Å²) >= 11 is 0. The number of aromatic amines is 1. The van der Waals surface area contributed by atoms with Gasteiger partial charge in [0.2, 0.25) is 0 Å². The van der Waals surface area contributed by atoms with Gasteiger partial charge in [0.15, 0.2) is 11.6 Å². The molecule has 1 aromatic carbocycles. The highest BCUT2D eigenvalue weighted by atomic mass is 16.2. The molecule has 10 heteroatoms. The van der Waals surface area contributed by atoms with Crippen molar-refractivity contribution >= 4 is 16.9 Å². The van der Waals surface area contributed by atoms with Crippen LogP contribution in [0.1, 0.15) is 29.1 Å². The van der Waals surface area contributed by atoms with Crippen molar-refractivity contribution in [1.29, 1.82) is 0 Å². The van der Waals surface area contributed by atoms with Crippen LogP contribution < -0.4 is 0 Å². The van der Waals surface area contributed by atoms with Gasteiger partial charge in [0.05, 0.1) is 24.3 Å². The molecule has 5 rings (SSSR count). The SMILES string of the molecule is C[C@H]1CN(C(=O)c2ccc3n[nH]nc3c2)Cc2nnc(-c3cnn(C)c3)n21. The summed E-state index contributed by atoms with van der Waals surface area (Å²) in [5.41, 5.74) is 2.91. The summed E-state index contributed by atoms with van der Waals surface area (Å²) in [5.74, 6) is 1.49. The van der Waals surface area contributed by atoms with Crippen molar-refractivity contribution in [3.63, 3.8) is 0 Å². The maximum atomic E-state index is 13.0. The number of carbonyl (C=O) groups excluding carboxylic acids is 1. The number of nitrogens with zero attached hydrogens (tertiary/aromatic N) is 8. The van der Waals surface area contributed by atoms with Gasteiger partial charge in [-0.1, -0.05) is 0 Å². The molecule has 1 N–H and O–H groups in total. The fourth-order valence-corrected chi connectivity index (χ4v) is 3.57. The van der Waals surface area contributed by atoms with Crippen molar-refractivity contribution in [2.24, 2.45) is 7.05 Å². The van der Waals surface area contributed by atoms with Crippen molar-refractivity contribution < 1.29 is 4.79 Å². The lowest BCUT2D eigenvalue weighted by Gasteiger charge is -2.32. The minimum absolute atomic E-state index is 0.0519. The van der Waals surface area contributed by atoms with Crippen molar-refractivity contribution in [3.05, 3.63) is 42.0 Å². The largest absolute Gasteiger partial charge is 0.329 e. The number of aryl methyl sites for hydroxylation is 1. The number of benzene rings is 1. The van der Waals surface area contributed by atoms with E-state index in [2.05, 4.69) is 42.2 Å². The molecule has 136 valence electrons. The molecule has 4 aromatic rings. The average molecular weight is 363 g/mol. The Bertz CT molecular complexity index is 1150. The standard InChI is InChI=1S/C17H17N9O/c1-10-7-25(17(27)11-3-4-13-14(5-11)20-23-19-13)9-15-21-22-16(26(10)15)12-6-18-24(2)8-12/h3-6,8,10H,7,9H2,1-2H3,(H,19,20,23)/t10-/m0/s1. The van der Waals surface area contributed by atoms with Gasteiger partial charge in [0.1, 0.15) is 11.0 Å². The van der Waals surface area contributed by atoms with E-state index in [1.807, 2.05) is 13.2 Å². The highest BCUT2D eigenvalue weighted by Gasteiger charge is 2.30. The molecule has 1 aliphatic heterocycles. The molecular formula is C17H17N9O. The third-order valence-electron chi connectivity index (χ3n) is 4.84. The summed E-state index contributed by atoms with van der Waals surface area (Å²) in [4.78, 5) is 14.8. The first-order valence-electron chi connectivity index (χ1n) is 8.63. The summed E-state index contributed by atoms with van der Waals surface area (Å²) in [6.07, 6.45) is 3.68. The van der Waals surface area contributed by atoms with Crippen LogP contribution in [0.25, 0.3) is 22.4 Å². The Morgan fingerprint density at radius 3 is 2.89 bits per heavy atom. The zero-order valence-electron chi connectivity index (χ0n) is 14.9. The topological polar surface area (TPSA) is 110 Å². The van der Waals surface area contributed by atoms with E-state index in [0.29, 0.717) is 24.2 Å². The lowest BCUT2D eigenvalue weighted by molar-refractivity contribution is 0.0682. The minimum atomic E-state index is -0.0519. The zero-order valence-corrected chi connectivity index (χ0v) is 14.9. The third-order valence-corrected chi connectivity index (χ3v) is 4.84. The number of hydrogen-bond donors (Lipinski definition) is 1. The van der Waals surface area contributed by atoms with Gasteiger partial charge >= 0.3 is 0 Å². The van der Waals surface area contributed by atoms with Gasteiger partial charge in [-0.25, -0.2) is 0 Å². The van der Waals surface area contributed by atoms with Crippen LogP contribution in [0.15, 0.2) is 30.6 Å². The predicted molar refractivity (Wildman–Crippen MR) is 95.6 cm³/mol. The van der Waals surface area contributed by atoms with Crippen LogP contribution in [-0.2, 0) is 13.6 Å². The Kier molecular flexibility index (Phi) is 3.33. The van der Waals surface area contributed by atoms with E-state index in [1.165, 1.54) is 0 Å². The fraction of sp³-hybridized carbons (Fsp3) is 0.294. The van der Waals surface area contributed by atoms with Crippen LogP contribution >= 0.6 is 0 Å². The van der Waals surface area contributed by atoms with Crippen molar-refractivity contribution in [2.45, 2.75) is 19.5 Å². The molecule has 0 radical (unpaired) electrons. The molecular weight excluding hydrogens is 346 g/mol. The second-order valence-electron chi connectivity index (χ2n) is 6.77. The third kappa shape index (κ3) is 2.48. The number of H-pyrrole nitrogens is 1. The first-order chi connectivity index (χ1) is 13.1. The molecule has 0 unspecified atom stereocenters. The molecule has 0 fully saturated rings. The number of aromatic nitrogens is 8. The smallest absolute Gasteiger partial charge is 0.254 e. The second kappa shape index (κ2) is 5.73.